The van der Waals surface area contributed by atoms with Gasteiger partial charge in [-0.25, -0.2) is 0 Å². The van der Waals surface area contributed by atoms with E-state index in [4.69, 9.17) is 14.5 Å². The van der Waals surface area contributed by atoms with E-state index in [9.17, 15) is 4.79 Å². The minimum atomic E-state index is -0.226. The minimum absolute atomic E-state index is 0.150. The Morgan fingerprint density at radius 2 is 2.07 bits per heavy atom. The second-order valence-corrected chi connectivity index (χ2v) is 7.15. The topological polar surface area (TPSA) is 66.4 Å². The molecule has 28 heavy (non-hydrogen) atoms. The van der Waals surface area contributed by atoms with E-state index in [-0.39, 0.29) is 12.0 Å². The van der Waals surface area contributed by atoms with Crippen LogP contribution in [-0.4, -0.2) is 80.8 Å². The van der Waals surface area contributed by atoms with Crippen molar-refractivity contribution in [2.75, 3.05) is 53.0 Å². The Balaban J connectivity index is 1.52. The van der Waals surface area contributed by atoms with E-state index >= 15 is 0 Å². The fourth-order valence-corrected chi connectivity index (χ4v) is 3.66. The van der Waals surface area contributed by atoms with Crippen LogP contribution in [0.3, 0.4) is 0 Å². The van der Waals surface area contributed by atoms with Crippen molar-refractivity contribution in [1.82, 2.24) is 15.1 Å². The third-order valence-electron chi connectivity index (χ3n) is 5.23. The van der Waals surface area contributed by atoms with Crippen molar-refractivity contribution in [2.24, 2.45) is 4.99 Å². The first kappa shape index (κ1) is 20.5. The molecule has 1 aromatic carbocycles. The number of hydrogen-bond donors (Lipinski definition) is 1. The zero-order chi connectivity index (χ0) is 19.8. The van der Waals surface area contributed by atoms with Crippen LogP contribution in [0.25, 0.3) is 0 Å². The highest BCUT2D eigenvalue weighted by molar-refractivity contribution is 5.82. The van der Waals surface area contributed by atoms with Gasteiger partial charge in [-0.2, -0.15) is 0 Å². The lowest BCUT2D eigenvalue weighted by Gasteiger charge is -2.37. The molecule has 3 rings (SSSR count). The highest BCUT2D eigenvalue weighted by Gasteiger charge is 2.30. The number of methoxy groups -OCH3 is 1. The first-order chi connectivity index (χ1) is 13.7. The maximum atomic E-state index is 12.5. The number of nitrogens with one attached hydrogen (secondary N) is 1. The molecule has 7 heteroatoms. The van der Waals surface area contributed by atoms with Gasteiger partial charge in [0.05, 0.1) is 7.11 Å². The summed E-state index contributed by atoms with van der Waals surface area (Å²) in [5, 5.41) is 3.38. The molecule has 0 saturated carbocycles. The van der Waals surface area contributed by atoms with E-state index in [1.54, 1.807) is 7.11 Å². The highest BCUT2D eigenvalue weighted by Crippen LogP contribution is 2.16. The molecule has 0 spiro atoms. The van der Waals surface area contributed by atoms with Crippen molar-refractivity contribution in [2.45, 2.75) is 32.3 Å². The van der Waals surface area contributed by atoms with Crippen LogP contribution in [0.5, 0.6) is 5.75 Å². The summed E-state index contributed by atoms with van der Waals surface area (Å²) in [4.78, 5) is 21.5. The summed E-state index contributed by atoms with van der Waals surface area (Å²) in [6.45, 7) is 7.36. The van der Waals surface area contributed by atoms with Crippen LogP contribution in [-0.2, 0) is 16.0 Å². The summed E-state index contributed by atoms with van der Waals surface area (Å²) in [6, 6.07) is 8.11. The molecule has 0 aromatic heterocycles. The second kappa shape index (κ2) is 10.3. The molecule has 0 radical (unpaired) electrons. The van der Waals surface area contributed by atoms with Crippen molar-refractivity contribution in [3.63, 3.8) is 0 Å². The Hall–Kier alpha value is -2.28. The third kappa shape index (κ3) is 5.38. The van der Waals surface area contributed by atoms with Gasteiger partial charge in [-0.05, 0) is 43.9 Å². The highest BCUT2D eigenvalue weighted by atomic mass is 16.5. The van der Waals surface area contributed by atoms with Crippen LogP contribution in [0.1, 0.15) is 25.3 Å². The average molecular weight is 389 g/mol. The Kier molecular flexibility index (Phi) is 7.54. The number of nitrogens with zero attached hydrogens (tertiary/aromatic N) is 3. The van der Waals surface area contributed by atoms with Gasteiger partial charge in [-0.15, -0.1) is 0 Å². The molecule has 2 heterocycles. The van der Waals surface area contributed by atoms with Gasteiger partial charge in [0.1, 0.15) is 11.9 Å². The smallest absolute Gasteiger partial charge is 0.251 e. The van der Waals surface area contributed by atoms with Crippen LogP contribution in [0.2, 0.25) is 0 Å². The number of guanidine groups is 1. The first-order valence-electron chi connectivity index (χ1n) is 10.3. The Morgan fingerprint density at radius 1 is 1.29 bits per heavy atom. The molecule has 1 aromatic rings. The molecule has 154 valence electrons. The molecule has 1 N–H and O–H groups in total. The molecule has 0 bridgehead atoms. The summed E-state index contributed by atoms with van der Waals surface area (Å²) in [6.07, 6.45) is 2.48. The zero-order valence-corrected chi connectivity index (χ0v) is 17.0. The molecule has 2 saturated heterocycles. The van der Waals surface area contributed by atoms with Gasteiger partial charge in [0.25, 0.3) is 5.91 Å². The summed E-state index contributed by atoms with van der Waals surface area (Å²) < 4.78 is 10.8. The van der Waals surface area contributed by atoms with Crippen molar-refractivity contribution < 1.29 is 14.3 Å². The second-order valence-electron chi connectivity index (χ2n) is 7.15. The molecule has 2 aliphatic rings. The monoisotopic (exact) mass is 388 g/mol. The number of hydrogen-bond acceptors (Lipinski definition) is 4. The maximum Gasteiger partial charge on any atom is 0.251 e. The van der Waals surface area contributed by atoms with Gasteiger partial charge in [-0.3, -0.25) is 9.79 Å². The van der Waals surface area contributed by atoms with E-state index < -0.39 is 0 Å². The van der Waals surface area contributed by atoms with E-state index in [0.29, 0.717) is 13.2 Å². The molecule has 0 aliphatic carbocycles. The van der Waals surface area contributed by atoms with Crippen molar-refractivity contribution in [1.29, 1.82) is 0 Å². The first-order valence-corrected chi connectivity index (χ1v) is 10.3. The lowest BCUT2D eigenvalue weighted by molar-refractivity contribution is -0.142. The lowest BCUT2D eigenvalue weighted by Crippen LogP contribution is -2.55. The Morgan fingerprint density at radius 3 is 2.75 bits per heavy atom. The van der Waals surface area contributed by atoms with E-state index in [0.717, 1.165) is 63.7 Å². The molecule has 2 fully saturated rings. The van der Waals surface area contributed by atoms with E-state index in [1.807, 2.05) is 17.0 Å². The summed E-state index contributed by atoms with van der Waals surface area (Å²) >= 11 is 0. The van der Waals surface area contributed by atoms with Crippen molar-refractivity contribution >= 4 is 11.9 Å². The minimum Gasteiger partial charge on any atom is -0.497 e. The third-order valence-corrected chi connectivity index (χ3v) is 5.23. The van der Waals surface area contributed by atoms with Gasteiger partial charge in [-0.1, -0.05) is 12.1 Å². The maximum absolute atomic E-state index is 12.5. The van der Waals surface area contributed by atoms with Crippen molar-refractivity contribution in [3.05, 3.63) is 29.8 Å². The molecular formula is C21H32N4O3. The van der Waals surface area contributed by atoms with Gasteiger partial charge in [0.2, 0.25) is 0 Å². The quantitative estimate of drug-likeness (QED) is 0.591. The van der Waals surface area contributed by atoms with Crippen LogP contribution in [0.4, 0.5) is 0 Å². The Bertz CT molecular complexity index is 665. The molecule has 2 aliphatic heterocycles. The Labute approximate surface area is 167 Å². The summed E-state index contributed by atoms with van der Waals surface area (Å²) in [5.41, 5.74) is 1.21. The molecule has 1 atom stereocenters. The number of carbonyl (C=O) groups excluding carboxylic acids is 1. The molecule has 1 amide bonds. The fraction of sp³-hybridized carbons (Fsp3) is 0.619. The van der Waals surface area contributed by atoms with Crippen LogP contribution in [0.15, 0.2) is 29.3 Å². The largest absolute Gasteiger partial charge is 0.497 e. The standard InChI is InChI=1S/C21H32N4O3/c1-3-22-21(23-10-9-17-6-4-7-18(16-17)27-2)25-13-11-24(12-14-25)20(26)19-8-5-15-28-19/h4,6-7,16,19H,3,5,8-15H2,1-2H3,(H,22,23). The molecular weight excluding hydrogens is 356 g/mol. The zero-order valence-electron chi connectivity index (χ0n) is 17.0. The van der Waals surface area contributed by atoms with Crippen LogP contribution >= 0.6 is 0 Å². The number of benzene rings is 1. The van der Waals surface area contributed by atoms with Gasteiger partial charge in [0, 0.05) is 45.9 Å². The lowest BCUT2D eigenvalue weighted by atomic mass is 10.1. The van der Waals surface area contributed by atoms with E-state index in [1.165, 1.54) is 5.56 Å². The van der Waals surface area contributed by atoms with Gasteiger partial charge >= 0.3 is 0 Å². The SMILES string of the molecule is CCNC(=NCCc1cccc(OC)c1)N1CCN(C(=O)C2CCCO2)CC1. The van der Waals surface area contributed by atoms with Crippen LogP contribution < -0.4 is 10.1 Å². The predicted molar refractivity (Wildman–Crippen MR) is 110 cm³/mol. The number of rotatable bonds is 6. The van der Waals surface area contributed by atoms with Gasteiger partial charge < -0.3 is 24.6 Å². The molecule has 7 nitrogen and oxygen atoms in total. The van der Waals surface area contributed by atoms with Crippen molar-refractivity contribution in [3.8, 4) is 5.75 Å². The predicted octanol–water partition coefficient (Wildman–Crippen LogP) is 1.53. The number of carbonyl (C=O) groups is 1. The van der Waals surface area contributed by atoms with Gasteiger partial charge in [0.15, 0.2) is 5.96 Å². The summed E-state index contributed by atoms with van der Waals surface area (Å²) in [5.74, 6) is 1.95. The number of piperazine rings is 1. The number of amides is 1. The number of ether oxygens (including phenoxy) is 2. The van der Waals surface area contributed by atoms with Crippen LogP contribution in [0, 0.1) is 0 Å². The van der Waals surface area contributed by atoms with E-state index in [2.05, 4.69) is 29.3 Å². The molecule has 1 unspecified atom stereocenters. The number of aliphatic imine (C=N–C) groups is 1. The summed E-state index contributed by atoms with van der Waals surface area (Å²) in [7, 11) is 1.68. The average Bonchev–Trinajstić information content (AvgIpc) is 3.28. The fourth-order valence-electron chi connectivity index (χ4n) is 3.66. The normalized spacial score (nSPS) is 20.4.